The van der Waals surface area contributed by atoms with Gasteiger partial charge in [0.05, 0.1) is 13.2 Å². The second-order valence-electron chi connectivity index (χ2n) is 7.44. The van der Waals surface area contributed by atoms with E-state index >= 15 is 0 Å². The molecule has 0 radical (unpaired) electrons. The van der Waals surface area contributed by atoms with Gasteiger partial charge >= 0.3 is 12.1 Å². The summed E-state index contributed by atoms with van der Waals surface area (Å²) in [5.74, 6) is 2.84. The van der Waals surface area contributed by atoms with Crippen molar-refractivity contribution in [3.63, 3.8) is 0 Å². The third-order valence-electron chi connectivity index (χ3n) is 5.12. The summed E-state index contributed by atoms with van der Waals surface area (Å²) in [5.41, 5.74) is 1.48. The molecule has 2 aromatic rings. The fraction of sp³-hybridized carbons (Fsp3) is 0.304. The quantitative estimate of drug-likeness (QED) is 0.190. The topological polar surface area (TPSA) is 137 Å². The molecule has 0 spiro atoms. The molecule has 0 unspecified atom stereocenters. The number of hydrogen-bond acceptors (Lipinski definition) is 8. The van der Waals surface area contributed by atoms with E-state index in [4.69, 9.17) is 20.1 Å². The number of β-lactam (4-membered cyclic amide) rings is 1. The Morgan fingerprint density at radius 1 is 1.06 bits per heavy atom. The Bertz CT molecular complexity index is 1010. The average Bonchev–Trinajstić information content (AvgIpc) is 2.82. The van der Waals surface area contributed by atoms with Crippen LogP contribution in [0.2, 0.25) is 0 Å². The van der Waals surface area contributed by atoms with E-state index in [2.05, 4.69) is 5.32 Å². The molecule has 1 saturated heterocycles. The van der Waals surface area contributed by atoms with Crippen molar-refractivity contribution in [3.8, 4) is 5.75 Å². The number of amides is 2. The molecule has 2 amide bonds. The van der Waals surface area contributed by atoms with E-state index in [1.165, 1.54) is 7.11 Å². The van der Waals surface area contributed by atoms with Gasteiger partial charge in [-0.25, -0.2) is 15.6 Å². The zero-order chi connectivity index (χ0) is 24.0. The fourth-order valence-electron chi connectivity index (χ4n) is 3.39. The van der Waals surface area contributed by atoms with Gasteiger partial charge in [-0.15, -0.1) is 0 Å². The summed E-state index contributed by atoms with van der Waals surface area (Å²) in [6.45, 7) is 1.15. The summed E-state index contributed by atoms with van der Waals surface area (Å²) in [5, 5.41) is 3.21. The van der Waals surface area contributed by atoms with Crippen molar-refractivity contribution < 1.29 is 33.4 Å². The number of benzene rings is 2. The van der Waals surface area contributed by atoms with Crippen molar-refractivity contribution in [2.45, 2.75) is 32.2 Å². The number of ketones is 1. The molecule has 3 atom stereocenters. The van der Waals surface area contributed by atoms with E-state index in [1.54, 1.807) is 36.4 Å². The van der Waals surface area contributed by atoms with Crippen LogP contribution in [0.4, 0.5) is 4.79 Å². The number of nitrogens with two attached hydrogens (primary N) is 1. The first-order valence-electron chi connectivity index (χ1n) is 10.2. The first-order valence-corrected chi connectivity index (χ1v) is 10.2. The number of hydrogen-bond donors (Lipinski definition) is 2. The second-order valence-corrected chi connectivity index (χ2v) is 7.44. The maximum atomic E-state index is 13.2. The van der Waals surface area contributed by atoms with Crippen LogP contribution >= 0.6 is 0 Å². The molecule has 10 nitrogen and oxygen atoms in total. The van der Waals surface area contributed by atoms with E-state index in [9.17, 15) is 19.2 Å². The minimum atomic E-state index is -1.32. The highest BCUT2D eigenvalue weighted by molar-refractivity contribution is 6.09. The highest BCUT2D eigenvalue weighted by Gasteiger charge is 2.54. The van der Waals surface area contributed by atoms with E-state index < -0.39 is 41.9 Å². The molecule has 0 saturated carbocycles. The number of carbonyl (C=O) groups is 4. The van der Waals surface area contributed by atoms with Gasteiger partial charge in [0, 0.05) is 6.92 Å². The highest BCUT2D eigenvalue weighted by atomic mass is 16.6. The molecule has 33 heavy (non-hydrogen) atoms. The molecule has 3 N–H and O–H groups in total. The standard InChI is InChI=1S/C23H25N3O7/c1-14(27)33-22-19(21(29)26(22)24)20(28)18(12-15-8-10-17(31-2)11-9-15)25-23(30)32-13-16-6-4-3-5-7-16/h3-11,18-19,22H,12-13,24H2,1-2H3,(H,25,30)/t18-,19-,22-/m0/s1. The summed E-state index contributed by atoms with van der Waals surface area (Å²) < 4.78 is 15.4. The van der Waals surface area contributed by atoms with Gasteiger partial charge in [0.1, 0.15) is 12.4 Å². The number of nitrogens with zero attached hydrogens (tertiary/aromatic N) is 1. The molecular weight excluding hydrogens is 430 g/mol. The number of Topliss-reactive ketones (excluding diaryl/α,β-unsaturated/α-hetero) is 1. The molecule has 0 bridgehead atoms. The fourth-order valence-corrected chi connectivity index (χ4v) is 3.39. The number of carbonyl (C=O) groups excluding carboxylic acids is 4. The summed E-state index contributed by atoms with van der Waals surface area (Å²) >= 11 is 0. The Hall–Kier alpha value is -3.92. The average molecular weight is 455 g/mol. The second kappa shape index (κ2) is 10.6. The van der Waals surface area contributed by atoms with Crippen LogP contribution in [-0.2, 0) is 36.9 Å². The number of hydrazine groups is 1. The predicted molar refractivity (Wildman–Crippen MR) is 115 cm³/mol. The van der Waals surface area contributed by atoms with Crippen LogP contribution < -0.4 is 15.9 Å². The van der Waals surface area contributed by atoms with Crippen molar-refractivity contribution in [3.05, 3.63) is 65.7 Å². The summed E-state index contributed by atoms with van der Waals surface area (Å²) in [7, 11) is 1.53. The van der Waals surface area contributed by atoms with E-state index in [0.29, 0.717) is 16.3 Å². The maximum Gasteiger partial charge on any atom is 0.408 e. The van der Waals surface area contributed by atoms with Gasteiger partial charge in [0.25, 0.3) is 5.91 Å². The first-order chi connectivity index (χ1) is 15.8. The van der Waals surface area contributed by atoms with Crippen molar-refractivity contribution in [2.75, 3.05) is 7.11 Å². The Balaban J connectivity index is 1.75. The first kappa shape index (κ1) is 23.7. The Kier molecular flexibility index (Phi) is 7.62. The van der Waals surface area contributed by atoms with Crippen molar-refractivity contribution in [2.24, 2.45) is 11.8 Å². The number of esters is 1. The van der Waals surface area contributed by atoms with Crippen LogP contribution in [-0.4, -0.2) is 48.1 Å². The third kappa shape index (κ3) is 5.86. The van der Waals surface area contributed by atoms with Gasteiger partial charge in [-0.05, 0) is 29.7 Å². The highest BCUT2D eigenvalue weighted by Crippen LogP contribution is 2.27. The van der Waals surface area contributed by atoms with E-state index in [1.807, 2.05) is 18.2 Å². The summed E-state index contributed by atoms with van der Waals surface area (Å²) in [6.07, 6.45) is -1.99. The summed E-state index contributed by atoms with van der Waals surface area (Å²) in [6, 6.07) is 14.8. The summed E-state index contributed by atoms with van der Waals surface area (Å²) in [4.78, 5) is 49.3. The van der Waals surface area contributed by atoms with E-state index in [0.717, 1.165) is 12.5 Å². The molecular formula is C23H25N3O7. The zero-order valence-electron chi connectivity index (χ0n) is 18.2. The lowest BCUT2D eigenvalue weighted by molar-refractivity contribution is -0.198. The van der Waals surface area contributed by atoms with Crippen molar-refractivity contribution in [1.82, 2.24) is 10.3 Å². The largest absolute Gasteiger partial charge is 0.497 e. The molecule has 1 fully saturated rings. The molecule has 1 heterocycles. The Labute approximate surface area is 190 Å². The normalized spacial score (nSPS) is 18.0. The Morgan fingerprint density at radius 2 is 1.73 bits per heavy atom. The van der Waals surface area contributed by atoms with Crippen molar-refractivity contribution >= 4 is 23.8 Å². The molecule has 3 rings (SSSR count). The van der Waals surface area contributed by atoms with Gasteiger partial charge in [-0.1, -0.05) is 42.5 Å². The number of alkyl carbamates (subject to hydrolysis) is 1. The van der Waals surface area contributed by atoms with Gasteiger partial charge in [-0.2, -0.15) is 0 Å². The molecule has 0 aliphatic carbocycles. The molecule has 2 aromatic carbocycles. The predicted octanol–water partition coefficient (Wildman–Crippen LogP) is 1.32. The van der Waals surface area contributed by atoms with Crippen LogP contribution in [0.15, 0.2) is 54.6 Å². The number of methoxy groups -OCH3 is 1. The monoisotopic (exact) mass is 455 g/mol. The van der Waals surface area contributed by atoms with Gasteiger partial charge in [0.2, 0.25) is 6.23 Å². The lowest BCUT2D eigenvalue weighted by Crippen LogP contribution is -2.70. The van der Waals surface area contributed by atoms with E-state index in [-0.39, 0.29) is 13.0 Å². The molecule has 1 aliphatic rings. The van der Waals surface area contributed by atoms with Crippen LogP contribution in [0.1, 0.15) is 18.1 Å². The lowest BCUT2D eigenvalue weighted by Gasteiger charge is -2.42. The van der Waals surface area contributed by atoms with Gasteiger partial charge in [0.15, 0.2) is 11.7 Å². The molecule has 174 valence electrons. The lowest BCUT2D eigenvalue weighted by atomic mass is 9.86. The van der Waals surface area contributed by atoms with Crippen LogP contribution in [0.25, 0.3) is 0 Å². The minimum absolute atomic E-state index is 0.00509. The molecule has 10 heteroatoms. The van der Waals surface area contributed by atoms with Crippen molar-refractivity contribution in [1.29, 1.82) is 0 Å². The van der Waals surface area contributed by atoms with Crippen LogP contribution in [0.3, 0.4) is 0 Å². The number of rotatable bonds is 9. The third-order valence-corrected chi connectivity index (χ3v) is 5.12. The smallest absolute Gasteiger partial charge is 0.408 e. The van der Waals surface area contributed by atoms with Gasteiger partial charge < -0.3 is 19.5 Å². The minimum Gasteiger partial charge on any atom is -0.497 e. The number of nitrogens with one attached hydrogen (secondary N) is 1. The van der Waals surface area contributed by atoms with Crippen LogP contribution in [0.5, 0.6) is 5.75 Å². The van der Waals surface area contributed by atoms with Crippen LogP contribution in [0, 0.1) is 5.92 Å². The molecule has 1 aliphatic heterocycles. The Morgan fingerprint density at radius 3 is 2.33 bits per heavy atom. The zero-order valence-corrected chi connectivity index (χ0v) is 18.2. The SMILES string of the molecule is COc1ccc(C[C@H](NC(=O)OCc2ccccc2)C(=O)[C@H]2C(=O)N(N)[C@H]2OC(C)=O)cc1. The van der Waals surface area contributed by atoms with Gasteiger partial charge in [-0.3, -0.25) is 14.4 Å². The molecule has 0 aromatic heterocycles. The number of ether oxygens (including phenoxy) is 3. The maximum absolute atomic E-state index is 13.2.